The van der Waals surface area contributed by atoms with Gasteiger partial charge in [-0.1, -0.05) is 56.8 Å². The molecule has 0 amide bonds. The number of pyridine rings is 1. The Hall–Kier alpha value is -0.310. The minimum absolute atomic E-state index is 0.210. The van der Waals surface area contributed by atoms with Gasteiger partial charge >= 0.3 is 0 Å². The van der Waals surface area contributed by atoms with Crippen molar-refractivity contribution in [1.82, 2.24) is 10.3 Å². The van der Waals surface area contributed by atoms with Gasteiger partial charge in [0.05, 0.1) is 21.8 Å². The van der Waals surface area contributed by atoms with Gasteiger partial charge in [0.25, 0.3) is 0 Å². The Labute approximate surface area is 120 Å². The van der Waals surface area contributed by atoms with E-state index >= 15 is 0 Å². The molecule has 2 atom stereocenters. The van der Waals surface area contributed by atoms with E-state index in [4.69, 9.17) is 23.2 Å². The van der Waals surface area contributed by atoms with Crippen molar-refractivity contribution in [3.63, 3.8) is 0 Å². The van der Waals surface area contributed by atoms with Crippen LogP contribution in [0.25, 0.3) is 0 Å². The lowest BCUT2D eigenvalue weighted by molar-refractivity contribution is 0.390. The van der Waals surface area contributed by atoms with Crippen LogP contribution < -0.4 is 5.32 Å². The predicted octanol–water partition coefficient (Wildman–Crippen LogP) is 4.87. The third-order valence-electron chi connectivity index (χ3n) is 3.04. The van der Waals surface area contributed by atoms with Crippen LogP contribution in [-0.2, 0) is 0 Å². The second kappa shape index (κ2) is 7.98. The third-order valence-corrected chi connectivity index (χ3v) is 3.55. The summed E-state index contributed by atoms with van der Waals surface area (Å²) in [6.45, 7) is 7.50. The molecule has 0 spiro atoms. The maximum Gasteiger partial charge on any atom is 0.0760 e. The van der Waals surface area contributed by atoms with Gasteiger partial charge in [0.2, 0.25) is 0 Å². The van der Waals surface area contributed by atoms with E-state index in [9.17, 15) is 0 Å². The molecule has 0 radical (unpaired) electrons. The van der Waals surface area contributed by atoms with Crippen molar-refractivity contribution < 1.29 is 0 Å². The first-order valence-electron chi connectivity index (χ1n) is 6.62. The number of halogens is 2. The molecule has 0 aliphatic heterocycles. The average Bonchev–Trinajstić information content (AvgIpc) is 2.29. The molecule has 0 aliphatic carbocycles. The summed E-state index contributed by atoms with van der Waals surface area (Å²) in [4.78, 5) is 4.38. The molecule has 0 aliphatic rings. The first-order chi connectivity index (χ1) is 8.58. The monoisotopic (exact) mass is 288 g/mol. The van der Waals surface area contributed by atoms with Gasteiger partial charge in [-0.3, -0.25) is 4.98 Å². The van der Waals surface area contributed by atoms with Crippen molar-refractivity contribution in [2.75, 3.05) is 6.54 Å². The molecule has 102 valence electrons. The highest BCUT2D eigenvalue weighted by Gasteiger charge is 2.18. The highest BCUT2D eigenvalue weighted by Crippen LogP contribution is 2.29. The molecule has 18 heavy (non-hydrogen) atoms. The first-order valence-corrected chi connectivity index (χ1v) is 7.38. The van der Waals surface area contributed by atoms with E-state index in [1.54, 1.807) is 12.3 Å². The number of rotatable bonds is 7. The summed E-state index contributed by atoms with van der Waals surface area (Å²) < 4.78 is 0. The topological polar surface area (TPSA) is 24.9 Å². The molecule has 2 unspecified atom stereocenters. The van der Waals surface area contributed by atoms with Gasteiger partial charge in [-0.05, 0) is 24.9 Å². The van der Waals surface area contributed by atoms with Crippen LogP contribution in [0.2, 0.25) is 10.0 Å². The summed E-state index contributed by atoms with van der Waals surface area (Å²) >= 11 is 12.1. The molecule has 0 bridgehead atoms. The maximum atomic E-state index is 6.23. The molecule has 1 N–H and O–H groups in total. The summed E-state index contributed by atoms with van der Waals surface area (Å²) in [5.74, 6) is 0.660. The lowest BCUT2D eigenvalue weighted by Crippen LogP contribution is -2.24. The molecule has 1 rings (SSSR count). The van der Waals surface area contributed by atoms with Crippen LogP contribution in [0.15, 0.2) is 12.3 Å². The largest absolute Gasteiger partial charge is 0.309 e. The van der Waals surface area contributed by atoms with E-state index in [0.717, 1.165) is 18.7 Å². The highest BCUT2D eigenvalue weighted by molar-refractivity contribution is 6.34. The Kier molecular flexibility index (Phi) is 6.98. The predicted molar refractivity (Wildman–Crippen MR) is 79.4 cm³/mol. The van der Waals surface area contributed by atoms with Crippen LogP contribution in [0.1, 0.15) is 51.8 Å². The summed E-state index contributed by atoms with van der Waals surface area (Å²) in [6, 6.07) is 1.97. The molecule has 0 fully saturated rings. The summed E-state index contributed by atoms with van der Waals surface area (Å²) in [5, 5.41) is 4.69. The van der Waals surface area contributed by atoms with Gasteiger partial charge in [-0.2, -0.15) is 0 Å². The number of nitrogens with one attached hydrogen (secondary N) is 1. The lowest BCUT2D eigenvalue weighted by atomic mass is 9.95. The number of aromatic nitrogens is 1. The SMILES string of the molecule is CCCC(C)CC(NCC)c1ncc(Cl)cc1Cl. The molecule has 4 heteroatoms. The molecule has 2 nitrogen and oxygen atoms in total. The van der Waals surface area contributed by atoms with Gasteiger partial charge in [0.15, 0.2) is 0 Å². The van der Waals surface area contributed by atoms with E-state index in [-0.39, 0.29) is 6.04 Å². The third kappa shape index (κ3) is 4.75. The van der Waals surface area contributed by atoms with Crippen molar-refractivity contribution in [3.05, 3.63) is 28.0 Å². The molecule has 0 saturated heterocycles. The van der Waals surface area contributed by atoms with Crippen LogP contribution >= 0.6 is 23.2 Å². The smallest absolute Gasteiger partial charge is 0.0760 e. The fourth-order valence-electron chi connectivity index (χ4n) is 2.23. The Morgan fingerprint density at radius 2 is 2.06 bits per heavy atom. The normalized spacial score (nSPS) is 14.5. The number of hydrogen-bond acceptors (Lipinski definition) is 2. The van der Waals surface area contributed by atoms with Gasteiger partial charge in [-0.25, -0.2) is 0 Å². The number of hydrogen-bond donors (Lipinski definition) is 1. The lowest BCUT2D eigenvalue weighted by Gasteiger charge is -2.22. The minimum Gasteiger partial charge on any atom is -0.309 e. The first kappa shape index (κ1) is 15.7. The minimum atomic E-state index is 0.210. The Bertz CT molecular complexity index is 369. The van der Waals surface area contributed by atoms with E-state index < -0.39 is 0 Å². The zero-order chi connectivity index (χ0) is 13.5. The van der Waals surface area contributed by atoms with Gasteiger partial charge in [0, 0.05) is 6.20 Å². The molecule has 0 saturated carbocycles. The van der Waals surface area contributed by atoms with Crippen molar-refractivity contribution in [3.8, 4) is 0 Å². The Morgan fingerprint density at radius 1 is 1.33 bits per heavy atom. The van der Waals surface area contributed by atoms with Crippen LogP contribution in [0, 0.1) is 5.92 Å². The molecule has 0 aromatic carbocycles. The molecular weight excluding hydrogens is 267 g/mol. The fraction of sp³-hybridized carbons (Fsp3) is 0.643. The Balaban J connectivity index is 2.82. The molecule has 1 heterocycles. The van der Waals surface area contributed by atoms with Crippen LogP contribution in [0.3, 0.4) is 0 Å². The van der Waals surface area contributed by atoms with Crippen molar-refractivity contribution in [2.45, 2.75) is 46.1 Å². The summed E-state index contributed by atoms with van der Waals surface area (Å²) in [6.07, 6.45) is 5.16. The number of nitrogens with zero attached hydrogens (tertiary/aromatic N) is 1. The second-order valence-corrected chi connectivity index (χ2v) is 5.60. The molecule has 1 aromatic heterocycles. The van der Waals surface area contributed by atoms with E-state index in [0.29, 0.717) is 16.0 Å². The van der Waals surface area contributed by atoms with E-state index in [2.05, 4.69) is 31.1 Å². The second-order valence-electron chi connectivity index (χ2n) is 4.76. The quantitative estimate of drug-likeness (QED) is 0.775. The van der Waals surface area contributed by atoms with Crippen molar-refractivity contribution in [1.29, 1.82) is 0 Å². The zero-order valence-corrected chi connectivity index (χ0v) is 12.9. The standard InChI is InChI=1S/C14H22Cl2N2/c1-4-6-10(3)7-13(17-5-2)14-12(16)8-11(15)9-18-14/h8-10,13,17H,4-7H2,1-3H3. The average molecular weight is 289 g/mol. The van der Waals surface area contributed by atoms with Crippen molar-refractivity contribution >= 4 is 23.2 Å². The highest BCUT2D eigenvalue weighted by atomic mass is 35.5. The molecular formula is C14H22Cl2N2. The van der Waals surface area contributed by atoms with Gasteiger partial charge in [0.1, 0.15) is 0 Å². The van der Waals surface area contributed by atoms with Gasteiger partial charge < -0.3 is 5.32 Å². The van der Waals surface area contributed by atoms with Crippen LogP contribution in [0.4, 0.5) is 0 Å². The molecule has 1 aromatic rings. The summed E-state index contributed by atoms with van der Waals surface area (Å²) in [5.41, 5.74) is 0.908. The fourth-order valence-corrected chi connectivity index (χ4v) is 2.74. The Morgan fingerprint density at radius 3 is 2.61 bits per heavy atom. The zero-order valence-electron chi connectivity index (χ0n) is 11.3. The van der Waals surface area contributed by atoms with Crippen molar-refractivity contribution in [2.24, 2.45) is 5.92 Å². The maximum absolute atomic E-state index is 6.23. The van der Waals surface area contributed by atoms with Crippen LogP contribution in [0.5, 0.6) is 0 Å². The van der Waals surface area contributed by atoms with Crippen LogP contribution in [-0.4, -0.2) is 11.5 Å². The van der Waals surface area contributed by atoms with E-state index in [1.165, 1.54) is 12.8 Å². The van der Waals surface area contributed by atoms with Gasteiger partial charge in [-0.15, -0.1) is 0 Å². The van der Waals surface area contributed by atoms with E-state index in [1.807, 2.05) is 0 Å². The summed E-state index contributed by atoms with van der Waals surface area (Å²) in [7, 11) is 0.